The number of hydrogen-bond acceptors (Lipinski definition) is 6. The quantitative estimate of drug-likeness (QED) is 0.358. The van der Waals surface area contributed by atoms with Gasteiger partial charge in [-0.2, -0.15) is 0 Å². The lowest BCUT2D eigenvalue weighted by Gasteiger charge is -2.09. The fraction of sp³-hybridized carbons (Fsp3) is 0.300. The van der Waals surface area contributed by atoms with Crippen LogP contribution in [-0.4, -0.2) is 42.0 Å². The number of hydrogen-bond donors (Lipinski definition) is 1. The summed E-state index contributed by atoms with van der Waals surface area (Å²) in [6, 6.07) is 8.38. The van der Waals surface area contributed by atoms with E-state index < -0.39 is 0 Å². The lowest BCUT2D eigenvalue weighted by Crippen LogP contribution is -2.12. The molecule has 0 amide bonds. The molecule has 26 heavy (non-hydrogen) atoms. The van der Waals surface area contributed by atoms with Gasteiger partial charge in [0.25, 0.3) is 0 Å². The second-order valence-corrected chi connectivity index (χ2v) is 7.88. The zero-order valence-corrected chi connectivity index (χ0v) is 16.5. The molecule has 0 aliphatic rings. The van der Waals surface area contributed by atoms with Gasteiger partial charge in [0.05, 0.1) is 18.1 Å². The van der Waals surface area contributed by atoms with Crippen LogP contribution in [-0.2, 0) is 11.2 Å². The van der Waals surface area contributed by atoms with Gasteiger partial charge in [0.15, 0.2) is 5.78 Å². The van der Waals surface area contributed by atoms with E-state index in [-0.39, 0.29) is 25.6 Å². The second kappa shape index (κ2) is 8.77. The monoisotopic (exact) mass is 387 g/mol. The molecule has 136 valence electrons. The predicted octanol–water partition coefficient (Wildman–Crippen LogP) is 4.11. The lowest BCUT2D eigenvalue weighted by molar-refractivity contribution is 0.0667. The van der Waals surface area contributed by atoms with Crippen LogP contribution < -0.4 is 0 Å². The molecule has 0 saturated carbocycles. The highest BCUT2D eigenvalue weighted by molar-refractivity contribution is 7.98. The van der Waals surface area contributed by atoms with Crippen LogP contribution in [0.15, 0.2) is 41.6 Å². The van der Waals surface area contributed by atoms with Crippen LogP contribution in [0.2, 0.25) is 0 Å². The number of aryl methyl sites for hydroxylation is 1. The summed E-state index contributed by atoms with van der Waals surface area (Å²) in [4.78, 5) is 18.9. The highest BCUT2D eigenvalue weighted by Gasteiger charge is 2.19. The topological polar surface area (TPSA) is 59.4 Å². The fourth-order valence-corrected chi connectivity index (χ4v) is 4.48. The van der Waals surface area contributed by atoms with Gasteiger partial charge < -0.3 is 9.84 Å². The maximum absolute atomic E-state index is 12.7. The summed E-state index contributed by atoms with van der Waals surface area (Å²) in [5, 5.41) is 9.87. The highest BCUT2D eigenvalue weighted by atomic mass is 32.2. The van der Waals surface area contributed by atoms with Crippen LogP contribution in [0.1, 0.15) is 26.4 Å². The molecule has 0 fully saturated rings. The molecular formula is C20H21NO3S2. The second-order valence-electron chi connectivity index (χ2n) is 5.95. The first-order chi connectivity index (χ1) is 12.6. The van der Waals surface area contributed by atoms with Crippen molar-refractivity contribution in [1.29, 1.82) is 0 Å². The molecule has 3 rings (SSSR count). The van der Waals surface area contributed by atoms with Crippen LogP contribution in [0.5, 0.6) is 0 Å². The molecule has 6 heteroatoms. The predicted molar refractivity (Wildman–Crippen MR) is 108 cm³/mol. The van der Waals surface area contributed by atoms with Crippen molar-refractivity contribution in [3.8, 4) is 0 Å². The van der Waals surface area contributed by atoms with Gasteiger partial charge in [-0.15, -0.1) is 23.1 Å². The number of ketones is 1. The van der Waals surface area contributed by atoms with E-state index in [0.29, 0.717) is 6.42 Å². The van der Waals surface area contributed by atoms with Gasteiger partial charge in [0.2, 0.25) is 0 Å². The standard InChI is InChI=1S/C20H21NO3S2/c1-13-9-15(25-2)4-3-14(13)10-16-17-11-21-6-5-19(17)26-20(16)18(23)12-24-8-7-22/h3-6,9,11,22H,7-8,10,12H2,1-2H3. The van der Waals surface area contributed by atoms with Crippen molar-refractivity contribution in [3.05, 3.63) is 58.2 Å². The van der Waals surface area contributed by atoms with E-state index in [9.17, 15) is 4.79 Å². The molecule has 0 bridgehead atoms. The van der Waals surface area contributed by atoms with Crippen molar-refractivity contribution in [2.45, 2.75) is 18.2 Å². The first-order valence-electron chi connectivity index (χ1n) is 8.34. The third-order valence-corrected chi connectivity index (χ3v) is 6.21. The number of aliphatic hydroxyl groups excluding tert-OH is 1. The number of carbonyl (C=O) groups is 1. The smallest absolute Gasteiger partial charge is 0.198 e. The van der Waals surface area contributed by atoms with Gasteiger partial charge in [0.1, 0.15) is 6.61 Å². The Hall–Kier alpha value is -1.73. The van der Waals surface area contributed by atoms with Crippen LogP contribution >= 0.6 is 23.1 Å². The minimum absolute atomic E-state index is 0.0157. The summed E-state index contributed by atoms with van der Waals surface area (Å²) in [6.45, 7) is 2.17. The number of nitrogens with zero attached hydrogens (tertiary/aromatic N) is 1. The Morgan fingerprint density at radius 1 is 1.35 bits per heavy atom. The third-order valence-electron chi connectivity index (χ3n) is 4.23. The average molecular weight is 388 g/mol. The molecule has 4 nitrogen and oxygen atoms in total. The number of aliphatic hydroxyl groups is 1. The van der Waals surface area contributed by atoms with Crippen molar-refractivity contribution in [2.24, 2.45) is 0 Å². The molecule has 2 aromatic heterocycles. The Morgan fingerprint density at radius 3 is 2.92 bits per heavy atom. The van der Waals surface area contributed by atoms with E-state index in [2.05, 4.69) is 36.4 Å². The summed E-state index contributed by atoms with van der Waals surface area (Å²) in [6.07, 6.45) is 6.33. The normalized spacial score (nSPS) is 11.2. The van der Waals surface area contributed by atoms with Crippen molar-refractivity contribution < 1.29 is 14.6 Å². The zero-order chi connectivity index (χ0) is 18.5. The van der Waals surface area contributed by atoms with Gasteiger partial charge in [-0.25, -0.2) is 0 Å². The van der Waals surface area contributed by atoms with Crippen molar-refractivity contribution >= 4 is 39.0 Å². The van der Waals surface area contributed by atoms with Gasteiger partial charge >= 0.3 is 0 Å². The molecule has 0 saturated heterocycles. The van der Waals surface area contributed by atoms with E-state index in [1.807, 2.05) is 12.3 Å². The third kappa shape index (κ3) is 4.15. The summed E-state index contributed by atoms with van der Waals surface area (Å²) in [5.41, 5.74) is 3.43. The van der Waals surface area contributed by atoms with E-state index in [0.717, 1.165) is 20.5 Å². The van der Waals surface area contributed by atoms with Crippen molar-refractivity contribution in [2.75, 3.05) is 26.1 Å². The first-order valence-corrected chi connectivity index (χ1v) is 10.4. The SMILES string of the molecule is CSc1ccc(Cc2c(C(=O)COCCO)sc3ccncc23)c(C)c1. The fourth-order valence-electron chi connectivity index (χ4n) is 2.87. The van der Waals surface area contributed by atoms with Crippen LogP contribution in [0.4, 0.5) is 0 Å². The molecule has 0 spiro atoms. The van der Waals surface area contributed by atoms with Crippen molar-refractivity contribution in [3.63, 3.8) is 0 Å². The van der Waals surface area contributed by atoms with Gasteiger partial charge in [-0.3, -0.25) is 9.78 Å². The van der Waals surface area contributed by atoms with E-state index in [4.69, 9.17) is 9.84 Å². The van der Waals surface area contributed by atoms with Crippen LogP contribution in [0.3, 0.4) is 0 Å². The number of thiophene rings is 1. The zero-order valence-electron chi connectivity index (χ0n) is 14.8. The largest absolute Gasteiger partial charge is 0.394 e. The average Bonchev–Trinajstić information content (AvgIpc) is 3.02. The number of aromatic nitrogens is 1. The molecule has 3 aromatic rings. The Kier molecular flexibility index (Phi) is 6.43. The Balaban J connectivity index is 1.98. The molecule has 0 radical (unpaired) electrons. The lowest BCUT2D eigenvalue weighted by atomic mass is 9.98. The number of carbonyl (C=O) groups excluding carboxylic acids is 1. The molecule has 1 aromatic carbocycles. The summed E-state index contributed by atoms with van der Waals surface area (Å²) in [7, 11) is 0. The van der Waals surface area contributed by atoms with E-state index >= 15 is 0 Å². The number of fused-ring (bicyclic) bond motifs is 1. The van der Waals surface area contributed by atoms with Crippen LogP contribution in [0, 0.1) is 6.92 Å². The van der Waals surface area contributed by atoms with E-state index in [1.165, 1.54) is 27.4 Å². The molecule has 0 unspecified atom stereocenters. The number of benzene rings is 1. The minimum atomic E-state index is -0.0859. The molecule has 0 atom stereocenters. The molecular weight excluding hydrogens is 366 g/mol. The molecule has 1 N–H and O–H groups in total. The minimum Gasteiger partial charge on any atom is -0.394 e. The summed E-state index contributed by atoms with van der Waals surface area (Å²) in [5.74, 6) is -0.0481. The van der Waals surface area contributed by atoms with Crippen LogP contribution in [0.25, 0.3) is 10.1 Å². The van der Waals surface area contributed by atoms with Crippen molar-refractivity contribution in [1.82, 2.24) is 4.98 Å². The van der Waals surface area contributed by atoms with E-state index in [1.54, 1.807) is 18.0 Å². The Bertz CT molecular complexity index is 921. The van der Waals surface area contributed by atoms with Gasteiger partial charge in [-0.1, -0.05) is 6.07 Å². The molecule has 2 heterocycles. The maximum atomic E-state index is 12.7. The maximum Gasteiger partial charge on any atom is 0.198 e. The molecule has 0 aliphatic heterocycles. The highest BCUT2D eigenvalue weighted by Crippen LogP contribution is 2.33. The molecule has 0 aliphatic carbocycles. The number of ether oxygens (including phenoxy) is 1. The Morgan fingerprint density at radius 2 is 2.19 bits per heavy atom. The Labute approximate surface area is 161 Å². The number of pyridine rings is 1. The number of thioether (sulfide) groups is 1. The van der Waals surface area contributed by atoms with Gasteiger partial charge in [-0.05, 0) is 54.5 Å². The van der Waals surface area contributed by atoms with Gasteiger partial charge in [0, 0.05) is 27.4 Å². The number of Topliss-reactive ketones (excluding diaryl/α,β-unsaturated/α-hetero) is 1. The summed E-state index contributed by atoms with van der Waals surface area (Å²) >= 11 is 3.21. The first kappa shape index (κ1) is 19.0. The summed E-state index contributed by atoms with van der Waals surface area (Å²) < 4.78 is 6.30. The number of rotatable bonds is 8.